The van der Waals surface area contributed by atoms with Gasteiger partial charge in [-0.2, -0.15) is 13.2 Å². The van der Waals surface area contributed by atoms with E-state index in [1.165, 1.54) is 6.42 Å². The first kappa shape index (κ1) is 14.8. The zero-order valence-electron chi connectivity index (χ0n) is 10.4. The summed E-state index contributed by atoms with van der Waals surface area (Å²) in [6.07, 6.45) is -2.21. The van der Waals surface area contributed by atoms with Crippen molar-refractivity contribution in [2.75, 3.05) is 6.54 Å². The molecular weight excluding hydrogens is 276 g/mol. The number of amides is 1. The largest absolute Gasteiger partial charge is 0.419 e. The first-order valence-electron chi connectivity index (χ1n) is 6.02. The standard InChI is InChI=1S/C13H13F4N2O/c14-10-6-8(2-3-9(10)13(15,16)17)7-12(11(18)20)4-1-5-19-12/h2-3,6-7,19H,1,4-5H2,(H2,18,20)/t12-/m1/s1. The second-order valence-corrected chi connectivity index (χ2v) is 4.75. The maximum atomic E-state index is 13.5. The van der Waals surface area contributed by atoms with Gasteiger partial charge in [0, 0.05) is 6.42 Å². The minimum absolute atomic E-state index is 0.184. The first-order chi connectivity index (χ1) is 9.24. The molecule has 1 atom stereocenters. The molecule has 109 valence electrons. The molecule has 0 bridgehead atoms. The Bertz CT molecular complexity index is 522. The van der Waals surface area contributed by atoms with Crippen molar-refractivity contribution in [1.29, 1.82) is 0 Å². The number of carbonyl (C=O) groups is 1. The van der Waals surface area contributed by atoms with E-state index < -0.39 is 29.0 Å². The Morgan fingerprint density at radius 2 is 2.10 bits per heavy atom. The zero-order valence-corrected chi connectivity index (χ0v) is 10.4. The van der Waals surface area contributed by atoms with Crippen LogP contribution < -0.4 is 11.1 Å². The predicted molar refractivity (Wildman–Crippen MR) is 64.0 cm³/mol. The molecule has 1 aromatic rings. The van der Waals surface area contributed by atoms with E-state index >= 15 is 0 Å². The highest BCUT2D eigenvalue weighted by Crippen LogP contribution is 2.33. The van der Waals surface area contributed by atoms with Crippen LogP contribution in [0.2, 0.25) is 0 Å². The van der Waals surface area contributed by atoms with Gasteiger partial charge in [0.25, 0.3) is 0 Å². The molecule has 0 unspecified atom stereocenters. The lowest BCUT2D eigenvalue weighted by Gasteiger charge is -2.25. The predicted octanol–water partition coefficient (Wildman–Crippen LogP) is 2.00. The molecule has 0 aliphatic carbocycles. The third-order valence-electron chi connectivity index (χ3n) is 3.34. The minimum atomic E-state index is -4.74. The summed E-state index contributed by atoms with van der Waals surface area (Å²) in [5.41, 5.74) is 3.05. The lowest BCUT2D eigenvalue weighted by Crippen LogP contribution is -2.52. The van der Waals surface area contributed by atoms with Gasteiger partial charge in [0.2, 0.25) is 5.91 Å². The van der Waals surface area contributed by atoms with Gasteiger partial charge >= 0.3 is 6.18 Å². The summed E-state index contributed by atoms with van der Waals surface area (Å²) < 4.78 is 50.8. The second kappa shape index (κ2) is 5.05. The lowest BCUT2D eigenvalue weighted by molar-refractivity contribution is -0.140. The molecule has 1 aliphatic rings. The van der Waals surface area contributed by atoms with Crippen LogP contribution in [-0.4, -0.2) is 18.0 Å². The van der Waals surface area contributed by atoms with E-state index in [0.29, 0.717) is 25.5 Å². The van der Waals surface area contributed by atoms with Crippen molar-refractivity contribution >= 4 is 5.91 Å². The molecule has 0 spiro atoms. The molecule has 7 heteroatoms. The van der Waals surface area contributed by atoms with Crippen molar-refractivity contribution in [3.63, 3.8) is 0 Å². The van der Waals surface area contributed by atoms with Gasteiger partial charge < -0.3 is 11.1 Å². The van der Waals surface area contributed by atoms with E-state index in [9.17, 15) is 22.4 Å². The molecular formula is C13H13F4N2O. The van der Waals surface area contributed by atoms with Crippen LogP contribution >= 0.6 is 0 Å². The number of carbonyl (C=O) groups excluding carboxylic acids is 1. The number of rotatable bonds is 3. The molecule has 1 amide bonds. The quantitative estimate of drug-likeness (QED) is 0.836. The van der Waals surface area contributed by atoms with Gasteiger partial charge in [0.05, 0.1) is 5.56 Å². The van der Waals surface area contributed by atoms with Crippen molar-refractivity contribution in [2.45, 2.75) is 24.6 Å². The molecule has 1 aromatic carbocycles. The maximum Gasteiger partial charge on any atom is 0.419 e. The number of halogens is 4. The van der Waals surface area contributed by atoms with Gasteiger partial charge in [0.1, 0.15) is 11.4 Å². The Balaban J connectivity index is 2.27. The molecule has 3 N–H and O–H groups in total. The van der Waals surface area contributed by atoms with E-state index in [1.807, 2.05) is 0 Å². The van der Waals surface area contributed by atoms with Crippen LogP contribution in [0.1, 0.15) is 24.0 Å². The summed E-state index contributed by atoms with van der Waals surface area (Å²) in [6, 6.07) is 2.54. The topological polar surface area (TPSA) is 55.1 Å². The van der Waals surface area contributed by atoms with Crippen LogP contribution in [-0.2, 0) is 11.0 Å². The van der Waals surface area contributed by atoms with Crippen molar-refractivity contribution in [2.24, 2.45) is 5.73 Å². The Hall–Kier alpha value is -1.63. The first-order valence-corrected chi connectivity index (χ1v) is 6.02. The van der Waals surface area contributed by atoms with Crippen LogP contribution in [0.5, 0.6) is 0 Å². The average molecular weight is 289 g/mol. The Labute approximate surface area is 113 Å². The van der Waals surface area contributed by atoms with Gasteiger partial charge in [-0.1, -0.05) is 6.07 Å². The summed E-state index contributed by atoms with van der Waals surface area (Å²) in [6.45, 7) is 0.572. The average Bonchev–Trinajstić information content (AvgIpc) is 2.77. The van der Waals surface area contributed by atoms with Crippen LogP contribution in [0.25, 0.3) is 0 Å². The van der Waals surface area contributed by atoms with Crippen molar-refractivity contribution < 1.29 is 22.4 Å². The molecule has 2 rings (SSSR count). The van der Waals surface area contributed by atoms with Crippen molar-refractivity contribution in [3.05, 3.63) is 41.6 Å². The monoisotopic (exact) mass is 289 g/mol. The third-order valence-corrected chi connectivity index (χ3v) is 3.34. The van der Waals surface area contributed by atoms with Crippen LogP contribution in [0, 0.1) is 12.2 Å². The number of alkyl halides is 3. The molecule has 0 aromatic heterocycles. The smallest absolute Gasteiger partial charge is 0.368 e. The fourth-order valence-electron chi connectivity index (χ4n) is 2.31. The van der Waals surface area contributed by atoms with E-state index in [2.05, 4.69) is 5.32 Å². The van der Waals surface area contributed by atoms with Crippen LogP contribution in [0.4, 0.5) is 17.6 Å². The maximum absolute atomic E-state index is 13.5. The summed E-state index contributed by atoms with van der Waals surface area (Å²) in [5.74, 6) is -2.00. The van der Waals surface area contributed by atoms with E-state index in [-0.39, 0.29) is 5.56 Å². The number of hydrogen-bond donors (Lipinski definition) is 2. The molecule has 1 fully saturated rings. The van der Waals surface area contributed by atoms with Crippen molar-refractivity contribution in [3.8, 4) is 0 Å². The van der Waals surface area contributed by atoms with Gasteiger partial charge in [-0.15, -0.1) is 0 Å². The highest BCUT2D eigenvalue weighted by atomic mass is 19.4. The van der Waals surface area contributed by atoms with Gasteiger partial charge in [0.15, 0.2) is 0 Å². The van der Waals surface area contributed by atoms with Crippen LogP contribution in [0.3, 0.4) is 0 Å². The zero-order chi connectivity index (χ0) is 15.0. The Morgan fingerprint density at radius 1 is 1.40 bits per heavy atom. The van der Waals surface area contributed by atoms with E-state index in [1.54, 1.807) is 0 Å². The lowest BCUT2D eigenvalue weighted by atomic mass is 9.88. The molecule has 1 radical (unpaired) electrons. The summed E-state index contributed by atoms with van der Waals surface area (Å²) in [4.78, 5) is 11.5. The van der Waals surface area contributed by atoms with Gasteiger partial charge in [-0.25, -0.2) is 4.39 Å². The number of nitrogens with one attached hydrogen (secondary N) is 1. The van der Waals surface area contributed by atoms with Gasteiger partial charge in [-0.05, 0) is 37.1 Å². The number of benzene rings is 1. The van der Waals surface area contributed by atoms with E-state index in [0.717, 1.165) is 12.1 Å². The molecule has 1 saturated heterocycles. The summed E-state index contributed by atoms with van der Waals surface area (Å²) >= 11 is 0. The fourth-order valence-corrected chi connectivity index (χ4v) is 2.31. The highest BCUT2D eigenvalue weighted by molar-refractivity contribution is 5.87. The Kier molecular flexibility index (Phi) is 3.73. The molecule has 3 nitrogen and oxygen atoms in total. The number of hydrogen-bond acceptors (Lipinski definition) is 2. The summed E-state index contributed by atoms with van der Waals surface area (Å²) in [5, 5.41) is 2.91. The second-order valence-electron chi connectivity index (χ2n) is 4.75. The third kappa shape index (κ3) is 2.77. The van der Waals surface area contributed by atoms with Crippen LogP contribution in [0.15, 0.2) is 18.2 Å². The molecule has 20 heavy (non-hydrogen) atoms. The SMILES string of the molecule is NC(=O)[C@]1([CH]c2ccc(C(F)(F)F)c(F)c2)CCCN1. The number of primary amides is 1. The minimum Gasteiger partial charge on any atom is -0.368 e. The Morgan fingerprint density at radius 3 is 2.55 bits per heavy atom. The normalized spacial score (nSPS) is 23.0. The molecule has 1 heterocycles. The fraction of sp³-hybridized carbons (Fsp3) is 0.385. The highest BCUT2D eigenvalue weighted by Gasteiger charge is 2.40. The molecule has 1 aliphatic heterocycles. The van der Waals surface area contributed by atoms with Crippen molar-refractivity contribution in [1.82, 2.24) is 5.32 Å². The van der Waals surface area contributed by atoms with E-state index in [4.69, 9.17) is 5.73 Å². The number of nitrogens with two attached hydrogens (primary N) is 1. The molecule has 0 saturated carbocycles. The summed E-state index contributed by atoms with van der Waals surface area (Å²) in [7, 11) is 0. The van der Waals surface area contributed by atoms with Gasteiger partial charge in [-0.3, -0.25) is 4.79 Å².